The van der Waals surface area contributed by atoms with Crippen LogP contribution in [0.1, 0.15) is 11.3 Å². The van der Waals surface area contributed by atoms with Crippen LogP contribution in [0.25, 0.3) is 16.8 Å². The van der Waals surface area contributed by atoms with Crippen molar-refractivity contribution >= 4 is 39.2 Å². The second-order valence-corrected chi connectivity index (χ2v) is 10.7. The van der Waals surface area contributed by atoms with Gasteiger partial charge in [-0.1, -0.05) is 34.4 Å². The summed E-state index contributed by atoms with van der Waals surface area (Å²) in [6.45, 7) is 0.137. The van der Waals surface area contributed by atoms with Crippen molar-refractivity contribution in [2.24, 2.45) is 0 Å². The van der Waals surface area contributed by atoms with Gasteiger partial charge in [0.2, 0.25) is 0 Å². The number of fused-ring (bicyclic) bond motifs is 1. The van der Waals surface area contributed by atoms with E-state index >= 15 is 0 Å². The molecule has 0 aliphatic carbocycles. The number of rotatable bonds is 6. The van der Waals surface area contributed by atoms with E-state index in [-0.39, 0.29) is 40.9 Å². The summed E-state index contributed by atoms with van der Waals surface area (Å²) in [6.07, 6.45) is 1.50. The third kappa shape index (κ3) is 4.95. The van der Waals surface area contributed by atoms with E-state index in [4.69, 9.17) is 27.9 Å². The van der Waals surface area contributed by atoms with Gasteiger partial charge in [-0.05, 0) is 41.5 Å². The summed E-state index contributed by atoms with van der Waals surface area (Å²) in [5.74, 6) is -0.139. The van der Waals surface area contributed by atoms with Crippen LogP contribution in [-0.4, -0.2) is 36.1 Å². The predicted octanol–water partition coefficient (Wildman–Crippen LogP) is 4.66. The van der Waals surface area contributed by atoms with E-state index in [2.05, 4.69) is 14.4 Å². The van der Waals surface area contributed by atoms with Crippen molar-refractivity contribution in [1.29, 1.82) is 0 Å². The zero-order valence-electron chi connectivity index (χ0n) is 19.2. The van der Waals surface area contributed by atoms with Crippen molar-refractivity contribution < 1.29 is 22.1 Å². The van der Waals surface area contributed by atoms with Gasteiger partial charge in [-0.15, -0.1) is 0 Å². The van der Waals surface area contributed by atoms with E-state index in [1.807, 2.05) is 0 Å². The molecule has 1 aliphatic rings. The highest BCUT2D eigenvalue weighted by molar-refractivity contribution is 7.90. The molecular weight excluding hydrogens is 546 g/mol. The summed E-state index contributed by atoms with van der Waals surface area (Å²) in [5.41, 5.74) is 2.21. The number of aromatic nitrogens is 2. The summed E-state index contributed by atoms with van der Waals surface area (Å²) in [4.78, 5) is 13.0. The molecule has 9 nitrogen and oxygen atoms in total. The minimum atomic E-state index is -3.91. The van der Waals surface area contributed by atoms with Crippen molar-refractivity contribution in [3.05, 3.63) is 92.3 Å². The molecule has 0 bridgehead atoms. The van der Waals surface area contributed by atoms with Crippen molar-refractivity contribution in [3.8, 4) is 22.6 Å². The monoisotopic (exact) mass is 564 g/mol. The first-order valence-electron chi connectivity index (χ1n) is 10.9. The number of anilines is 1. The van der Waals surface area contributed by atoms with Gasteiger partial charge in [-0.3, -0.25) is 14.1 Å². The lowest BCUT2D eigenvalue weighted by molar-refractivity contribution is 0.384. The molecule has 5 rings (SSSR count). The Bertz CT molecular complexity index is 1640. The van der Waals surface area contributed by atoms with Crippen LogP contribution in [0.3, 0.4) is 0 Å². The summed E-state index contributed by atoms with van der Waals surface area (Å²) in [6, 6.07) is 11.6. The number of hydrogen-bond acceptors (Lipinski definition) is 6. The van der Waals surface area contributed by atoms with Crippen molar-refractivity contribution in [2.45, 2.75) is 13.0 Å². The highest BCUT2D eigenvalue weighted by atomic mass is 35.5. The maximum Gasteiger partial charge on any atom is 0.303 e. The molecule has 2 aromatic heterocycles. The van der Waals surface area contributed by atoms with Crippen LogP contribution in [0.4, 0.5) is 10.2 Å². The quantitative estimate of drug-likeness (QED) is 0.365. The minimum Gasteiger partial charge on any atom is -0.495 e. The van der Waals surface area contributed by atoms with E-state index in [9.17, 15) is 17.6 Å². The fraction of sp³-hybridized carbons (Fsp3) is 0.167. The Morgan fingerprint density at radius 2 is 1.95 bits per heavy atom. The smallest absolute Gasteiger partial charge is 0.303 e. The average Bonchev–Trinajstić information content (AvgIpc) is 3.35. The Morgan fingerprint density at radius 3 is 2.65 bits per heavy atom. The molecule has 0 amide bonds. The van der Waals surface area contributed by atoms with Crippen LogP contribution < -0.4 is 15.0 Å². The molecule has 0 atom stereocenters. The minimum absolute atomic E-state index is 0.0265. The molecule has 0 saturated carbocycles. The molecule has 0 radical (unpaired) electrons. The van der Waals surface area contributed by atoms with Gasteiger partial charge < -0.3 is 9.26 Å². The van der Waals surface area contributed by atoms with Gasteiger partial charge in [0.25, 0.3) is 5.56 Å². The zero-order valence-corrected chi connectivity index (χ0v) is 21.6. The number of hydrogen-bond donors (Lipinski definition) is 1. The molecule has 1 N–H and O–H groups in total. The molecule has 4 aromatic rings. The summed E-state index contributed by atoms with van der Waals surface area (Å²) < 4.78 is 55.0. The first-order chi connectivity index (χ1) is 17.7. The van der Waals surface area contributed by atoms with Gasteiger partial charge in [0.15, 0.2) is 5.82 Å². The van der Waals surface area contributed by atoms with Crippen LogP contribution in [-0.2, 0) is 23.2 Å². The Morgan fingerprint density at radius 1 is 1.14 bits per heavy atom. The Hall–Kier alpha value is -3.38. The molecule has 0 unspecified atom stereocenters. The van der Waals surface area contributed by atoms with E-state index < -0.39 is 16.0 Å². The van der Waals surface area contributed by atoms with Crippen LogP contribution in [0, 0.1) is 5.82 Å². The lowest BCUT2D eigenvalue weighted by Gasteiger charge is -2.30. The largest absolute Gasteiger partial charge is 0.495 e. The van der Waals surface area contributed by atoms with Crippen LogP contribution in [0.2, 0.25) is 10.0 Å². The van der Waals surface area contributed by atoms with E-state index in [0.29, 0.717) is 33.8 Å². The normalized spacial score (nSPS) is 13.8. The maximum atomic E-state index is 14.0. The fourth-order valence-corrected chi connectivity index (χ4v) is 5.91. The van der Waals surface area contributed by atoms with Crippen LogP contribution in [0.15, 0.2) is 64.1 Å². The lowest BCUT2D eigenvalue weighted by Crippen LogP contribution is -2.41. The topological polar surface area (TPSA) is 107 Å². The molecule has 1 aliphatic heterocycles. The van der Waals surface area contributed by atoms with Crippen molar-refractivity contribution in [3.63, 3.8) is 0 Å². The Labute approximate surface area is 221 Å². The fourth-order valence-electron chi connectivity index (χ4n) is 4.28. The van der Waals surface area contributed by atoms with Crippen LogP contribution in [0.5, 0.6) is 5.75 Å². The van der Waals surface area contributed by atoms with Gasteiger partial charge in [0.1, 0.15) is 17.8 Å². The predicted molar refractivity (Wildman–Crippen MR) is 137 cm³/mol. The summed E-state index contributed by atoms with van der Waals surface area (Å²) in [7, 11) is -2.47. The molecule has 13 heteroatoms. The molecule has 0 spiro atoms. The molecular formula is C24H19Cl2FN4O5S. The summed E-state index contributed by atoms with van der Waals surface area (Å²) in [5, 5.41) is 4.04. The third-order valence-corrected chi connectivity index (χ3v) is 7.92. The van der Waals surface area contributed by atoms with Gasteiger partial charge in [0.05, 0.1) is 17.8 Å². The summed E-state index contributed by atoms with van der Waals surface area (Å²) >= 11 is 12.6. The third-order valence-electron chi connectivity index (χ3n) is 5.93. The number of halogens is 3. The number of ether oxygens (including phenoxy) is 1. The standard InChI is InChI=1S/C24H19Cl2FN4O5S/c1-35-22-11-18(15-8-16(25)10-17(27)9-15)19(26)12-21(22)31-20-4-6-30(13-14(20)2-3-24(31)32)37(33,34)29-23-5-7-36-28-23/h2-3,5,7-12H,4,6,13H2,1H3,(H,28,29). The van der Waals surface area contributed by atoms with Gasteiger partial charge >= 0.3 is 10.2 Å². The Kier molecular flexibility index (Phi) is 6.71. The number of nitrogens with zero attached hydrogens (tertiary/aromatic N) is 3. The highest BCUT2D eigenvalue weighted by Crippen LogP contribution is 2.38. The van der Waals surface area contributed by atoms with E-state index in [0.717, 1.165) is 0 Å². The first-order valence-corrected chi connectivity index (χ1v) is 13.1. The van der Waals surface area contributed by atoms with Gasteiger partial charge in [-0.25, -0.2) is 4.39 Å². The molecule has 0 fully saturated rings. The van der Waals surface area contributed by atoms with Gasteiger partial charge in [0, 0.05) is 47.9 Å². The molecule has 2 aromatic carbocycles. The molecule has 192 valence electrons. The van der Waals surface area contributed by atoms with Crippen LogP contribution >= 0.6 is 23.2 Å². The van der Waals surface area contributed by atoms with Crippen molar-refractivity contribution in [2.75, 3.05) is 18.4 Å². The second-order valence-electron chi connectivity index (χ2n) is 8.22. The second kappa shape index (κ2) is 9.82. The lowest BCUT2D eigenvalue weighted by atomic mass is 10.0. The molecule has 3 heterocycles. The van der Waals surface area contributed by atoms with E-state index in [1.54, 1.807) is 24.3 Å². The Balaban J connectivity index is 1.55. The number of benzene rings is 2. The SMILES string of the molecule is COc1cc(-c2cc(F)cc(Cl)c2)c(Cl)cc1-n1c2c(ccc1=O)CN(S(=O)(=O)Nc1ccon1)CC2. The number of methoxy groups -OCH3 is 1. The van der Waals surface area contributed by atoms with Crippen molar-refractivity contribution in [1.82, 2.24) is 14.0 Å². The first kappa shape index (κ1) is 25.3. The van der Waals surface area contributed by atoms with E-state index in [1.165, 1.54) is 46.5 Å². The average molecular weight is 565 g/mol. The zero-order chi connectivity index (χ0) is 26.3. The highest BCUT2D eigenvalue weighted by Gasteiger charge is 2.30. The maximum absolute atomic E-state index is 14.0. The number of nitrogens with one attached hydrogen (secondary N) is 1. The molecule has 37 heavy (non-hydrogen) atoms. The number of pyridine rings is 1. The van der Waals surface area contributed by atoms with Gasteiger partial charge in [-0.2, -0.15) is 12.7 Å². The molecule has 0 saturated heterocycles.